The van der Waals surface area contributed by atoms with Crippen LogP contribution in [-0.2, 0) is 18.0 Å². The van der Waals surface area contributed by atoms with E-state index in [0.717, 1.165) is 16.9 Å². The first-order valence-corrected chi connectivity index (χ1v) is 7.05. The predicted molar refractivity (Wildman–Crippen MR) is 77.7 cm³/mol. The van der Waals surface area contributed by atoms with Gasteiger partial charge in [0.15, 0.2) is 0 Å². The fourth-order valence-electron chi connectivity index (χ4n) is 2.46. The van der Waals surface area contributed by atoms with Crippen LogP contribution < -0.4 is 0 Å². The minimum absolute atomic E-state index is 0.296. The number of hydrogen-bond donors (Lipinski definition) is 1. The van der Waals surface area contributed by atoms with Crippen molar-refractivity contribution in [2.45, 2.75) is 13.2 Å². The fraction of sp³-hybridized carbons (Fsp3) is 0.133. The Morgan fingerprint density at radius 3 is 2.90 bits per heavy atom. The van der Waals surface area contributed by atoms with Gasteiger partial charge in [0.25, 0.3) is 0 Å². The number of benzene rings is 2. The van der Waals surface area contributed by atoms with Gasteiger partial charge in [0.1, 0.15) is 11.6 Å². The molecule has 0 saturated carbocycles. The van der Waals surface area contributed by atoms with Crippen LogP contribution >= 0.6 is 15.9 Å². The molecule has 0 fully saturated rings. The average molecular weight is 333 g/mol. The number of hydrogen-bond acceptors (Lipinski definition) is 2. The molecule has 1 aliphatic heterocycles. The van der Waals surface area contributed by atoms with Gasteiger partial charge in [-0.3, -0.25) is 0 Å². The molecule has 3 aromatic rings. The first-order chi connectivity index (χ1) is 9.70. The molecule has 0 atom stereocenters. The highest BCUT2D eigenvalue weighted by atomic mass is 79.9. The van der Waals surface area contributed by atoms with Crippen molar-refractivity contribution in [1.29, 1.82) is 0 Å². The Bertz CT molecular complexity index is 789. The van der Waals surface area contributed by atoms with E-state index >= 15 is 0 Å². The van der Waals surface area contributed by atoms with Crippen LogP contribution in [0.5, 0.6) is 0 Å². The topological polar surface area (TPSA) is 37.9 Å². The maximum Gasteiger partial charge on any atom is 0.139 e. The Hall–Kier alpha value is -1.72. The van der Waals surface area contributed by atoms with Crippen LogP contribution in [0.25, 0.3) is 22.4 Å². The van der Waals surface area contributed by atoms with Crippen molar-refractivity contribution in [1.82, 2.24) is 9.97 Å². The van der Waals surface area contributed by atoms with E-state index in [0.29, 0.717) is 23.2 Å². The van der Waals surface area contributed by atoms with Crippen LogP contribution in [0.1, 0.15) is 11.1 Å². The van der Waals surface area contributed by atoms with Crippen molar-refractivity contribution in [3.8, 4) is 11.4 Å². The van der Waals surface area contributed by atoms with Gasteiger partial charge in [-0.05, 0) is 39.2 Å². The van der Waals surface area contributed by atoms with Crippen LogP contribution in [0.15, 0.2) is 34.8 Å². The van der Waals surface area contributed by atoms with E-state index in [1.807, 2.05) is 6.07 Å². The summed E-state index contributed by atoms with van der Waals surface area (Å²) in [6, 6.07) is 9.27. The maximum atomic E-state index is 13.5. The van der Waals surface area contributed by atoms with Crippen LogP contribution in [0.2, 0.25) is 0 Å². The summed E-state index contributed by atoms with van der Waals surface area (Å²) in [4.78, 5) is 7.68. The Kier molecular flexibility index (Phi) is 2.65. The number of H-pyrrole nitrogens is 1. The van der Waals surface area contributed by atoms with Gasteiger partial charge in [-0.15, -0.1) is 0 Å². The molecule has 0 saturated heterocycles. The molecule has 2 heterocycles. The quantitative estimate of drug-likeness (QED) is 0.726. The normalized spacial score (nSPS) is 13.9. The van der Waals surface area contributed by atoms with Gasteiger partial charge in [-0.25, -0.2) is 9.37 Å². The van der Waals surface area contributed by atoms with Crippen LogP contribution in [0.3, 0.4) is 0 Å². The van der Waals surface area contributed by atoms with E-state index in [4.69, 9.17) is 4.74 Å². The number of halogens is 2. The molecule has 1 aromatic heterocycles. The molecule has 1 aliphatic rings. The summed E-state index contributed by atoms with van der Waals surface area (Å²) in [5.74, 6) is 0.447. The van der Waals surface area contributed by atoms with Crippen molar-refractivity contribution in [3.63, 3.8) is 0 Å². The lowest BCUT2D eigenvalue weighted by atomic mass is 10.1. The van der Waals surface area contributed by atoms with E-state index in [1.54, 1.807) is 6.07 Å². The highest BCUT2D eigenvalue weighted by Gasteiger charge is 2.14. The van der Waals surface area contributed by atoms with Gasteiger partial charge in [0, 0.05) is 11.6 Å². The summed E-state index contributed by atoms with van der Waals surface area (Å²) in [7, 11) is 0. The molecule has 100 valence electrons. The number of ether oxygens (including phenoxy) is 1. The second kappa shape index (κ2) is 4.40. The van der Waals surface area contributed by atoms with Crippen molar-refractivity contribution >= 4 is 27.0 Å². The van der Waals surface area contributed by atoms with E-state index in [1.165, 1.54) is 17.2 Å². The second-order valence-electron chi connectivity index (χ2n) is 4.85. The summed E-state index contributed by atoms with van der Waals surface area (Å²) in [6.07, 6.45) is 0. The van der Waals surface area contributed by atoms with Gasteiger partial charge in [-0.2, -0.15) is 0 Å². The number of fused-ring (bicyclic) bond motifs is 2. The third-order valence-corrected chi connectivity index (χ3v) is 4.13. The number of imidazole rings is 1. The molecule has 20 heavy (non-hydrogen) atoms. The molecule has 0 spiro atoms. The molecule has 1 N–H and O–H groups in total. The molecule has 3 nitrogen and oxygen atoms in total. The lowest BCUT2D eigenvalue weighted by molar-refractivity contribution is 0.134. The summed E-state index contributed by atoms with van der Waals surface area (Å²) < 4.78 is 19.4. The zero-order chi connectivity index (χ0) is 13.7. The van der Waals surface area contributed by atoms with E-state index in [2.05, 4.69) is 38.0 Å². The molecule has 0 unspecified atom stereocenters. The van der Waals surface area contributed by atoms with Gasteiger partial charge >= 0.3 is 0 Å². The molecule has 0 aliphatic carbocycles. The number of nitrogens with zero attached hydrogens (tertiary/aromatic N) is 1. The lowest BCUT2D eigenvalue weighted by Gasteiger charge is -2.00. The molecular formula is C15H10BrFN2O. The van der Waals surface area contributed by atoms with E-state index in [9.17, 15) is 4.39 Å². The summed E-state index contributed by atoms with van der Waals surface area (Å²) in [5, 5.41) is 0. The Labute approximate surface area is 122 Å². The average Bonchev–Trinajstić information content (AvgIpc) is 3.04. The van der Waals surface area contributed by atoms with Gasteiger partial charge < -0.3 is 9.72 Å². The Balaban J connectivity index is 1.86. The van der Waals surface area contributed by atoms with Gasteiger partial charge in [0.2, 0.25) is 0 Å². The van der Waals surface area contributed by atoms with E-state index < -0.39 is 0 Å². The Morgan fingerprint density at radius 2 is 2.00 bits per heavy atom. The van der Waals surface area contributed by atoms with E-state index in [-0.39, 0.29) is 5.82 Å². The molecule has 0 amide bonds. The number of aromatic amines is 1. The number of aromatic nitrogens is 2. The van der Waals surface area contributed by atoms with Gasteiger partial charge in [-0.1, -0.05) is 12.1 Å². The van der Waals surface area contributed by atoms with Crippen molar-refractivity contribution in [3.05, 3.63) is 51.7 Å². The largest absolute Gasteiger partial charge is 0.372 e. The Morgan fingerprint density at radius 1 is 1.15 bits per heavy atom. The maximum absolute atomic E-state index is 13.5. The standard InChI is InChI=1S/C15H10BrFN2O/c16-11-4-13-14(5-12(11)17)19-15(18-13)8-1-2-9-6-20-7-10(9)3-8/h1-5H,6-7H2,(H,18,19). The molecule has 0 bridgehead atoms. The van der Waals surface area contributed by atoms with Crippen molar-refractivity contribution in [2.75, 3.05) is 0 Å². The molecule has 2 aromatic carbocycles. The minimum Gasteiger partial charge on any atom is -0.372 e. The first kappa shape index (κ1) is 12.1. The fourth-order valence-corrected chi connectivity index (χ4v) is 2.79. The van der Waals surface area contributed by atoms with Crippen LogP contribution in [0.4, 0.5) is 4.39 Å². The zero-order valence-corrected chi connectivity index (χ0v) is 12.0. The van der Waals surface area contributed by atoms with Gasteiger partial charge in [0.05, 0.1) is 28.7 Å². The summed E-state index contributed by atoms with van der Waals surface area (Å²) in [5.41, 5.74) is 4.83. The first-order valence-electron chi connectivity index (χ1n) is 6.25. The monoisotopic (exact) mass is 332 g/mol. The molecule has 5 heteroatoms. The molecular weight excluding hydrogens is 323 g/mol. The summed E-state index contributed by atoms with van der Waals surface area (Å²) in [6.45, 7) is 1.32. The lowest BCUT2D eigenvalue weighted by Crippen LogP contribution is -1.85. The molecule has 0 radical (unpaired) electrons. The van der Waals surface area contributed by atoms with Crippen LogP contribution in [0, 0.1) is 5.82 Å². The second-order valence-corrected chi connectivity index (χ2v) is 5.70. The van der Waals surface area contributed by atoms with Crippen molar-refractivity contribution in [2.24, 2.45) is 0 Å². The molecule has 4 rings (SSSR count). The highest BCUT2D eigenvalue weighted by Crippen LogP contribution is 2.28. The summed E-state index contributed by atoms with van der Waals surface area (Å²) >= 11 is 3.18. The van der Waals surface area contributed by atoms with Crippen molar-refractivity contribution < 1.29 is 9.13 Å². The van der Waals surface area contributed by atoms with Crippen LogP contribution in [-0.4, -0.2) is 9.97 Å². The zero-order valence-electron chi connectivity index (χ0n) is 10.4. The third kappa shape index (κ3) is 1.85. The predicted octanol–water partition coefficient (Wildman–Crippen LogP) is 4.16. The minimum atomic E-state index is -0.296. The smallest absolute Gasteiger partial charge is 0.139 e. The SMILES string of the molecule is Fc1cc2[nH]c(-c3ccc4c(c3)COC4)nc2cc1Br. The third-order valence-electron chi connectivity index (χ3n) is 3.52. The highest BCUT2D eigenvalue weighted by molar-refractivity contribution is 9.10. The number of rotatable bonds is 1. The number of nitrogens with one attached hydrogen (secondary N) is 1.